The summed E-state index contributed by atoms with van der Waals surface area (Å²) in [6.07, 6.45) is 1.33. The molecule has 16 heavy (non-hydrogen) atoms. The third kappa shape index (κ3) is 2.57. The van der Waals surface area contributed by atoms with Gasteiger partial charge in [-0.05, 0) is 18.2 Å². The SMILES string of the molecule is O=C(Nc1cccc(F)c1)Nc1ccon1. The molecule has 0 radical (unpaired) electrons. The van der Waals surface area contributed by atoms with Crippen LogP contribution in [0.25, 0.3) is 0 Å². The molecule has 0 saturated heterocycles. The van der Waals surface area contributed by atoms with E-state index < -0.39 is 11.8 Å². The van der Waals surface area contributed by atoms with Crippen molar-refractivity contribution >= 4 is 17.5 Å². The Labute approximate surface area is 90.2 Å². The van der Waals surface area contributed by atoms with Gasteiger partial charge < -0.3 is 9.84 Å². The van der Waals surface area contributed by atoms with Gasteiger partial charge in [-0.25, -0.2) is 9.18 Å². The van der Waals surface area contributed by atoms with Gasteiger partial charge in [-0.3, -0.25) is 5.32 Å². The molecule has 0 atom stereocenters. The molecular formula is C10H8FN3O2. The van der Waals surface area contributed by atoms with Crippen LogP contribution in [0.4, 0.5) is 20.7 Å². The van der Waals surface area contributed by atoms with E-state index in [0.29, 0.717) is 5.69 Å². The summed E-state index contributed by atoms with van der Waals surface area (Å²) >= 11 is 0. The Morgan fingerprint density at radius 1 is 1.31 bits per heavy atom. The third-order valence-corrected chi connectivity index (χ3v) is 1.76. The fourth-order valence-electron chi connectivity index (χ4n) is 1.12. The number of nitrogens with zero attached hydrogens (tertiary/aromatic N) is 1. The van der Waals surface area contributed by atoms with Crippen LogP contribution in [0.15, 0.2) is 41.1 Å². The van der Waals surface area contributed by atoms with E-state index in [-0.39, 0.29) is 5.82 Å². The maximum absolute atomic E-state index is 12.8. The highest BCUT2D eigenvalue weighted by Crippen LogP contribution is 2.09. The molecule has 1 aromatic heterocycles. The molecule has 2 amide bonds. The van der Waals surface area contributed by atoms with Crippen LogP contribution in [0.3, 0.4) is 0 Å². The van der Waals surface area contributed by atoms with Crippen molar-refractivity contribution in [2.45, 2.75) is 0 Å². The Kier molecular flexibility index (Phi) is 2.81. The van der Waals surface area contributed by atoms with Crippen LogP contribution in [-0.4, -0.2) is 11.2 Å². The van der Waals surface area contributed by atoms with Crippen LogP contribution >= 0.6 is 0 Å². The van der Waals surface area contributed by atoms with Crippen molar-refractivity contribution in [2.24, 2.45) is 0 Å². The number of aromatic nitrogens is 1. The van der Waals surface area contributed by atoms with E-state index >= 15 is 0 Å². The summed E-state index contributed by atoms with van der Waals surface area (Å²) < 4.78 is 17.3. The van der Waals surface area contributed by atoms with E-state index in [1.807, 2.05) is 0 Å². The Bertz CT molecular complexity index is 485. The normalized spacial score (nSPS) is 9.81. The Balaban J connectivity index is 1.97. The van der Waals surface area contributed by atoms with Crippen molar-refractivity contribution in [3.05, 3.63) is 42.4 Å². The summed E-state index contributed by atoms with van der Waals surface area (Å²) in [7, 11) is 0. The average Bonchev–Trinajstić information content (AvgIpc) is 2.70. The van der Waals surface area contributed by atoms with Crippen LogP contribution in [0.1, 0.15) is 0 Å². The topological polar surface area (TPSA) is 67.2 Å². The molecule has 2 N–H and O–H groups in total. The number of carbonyl (C=O) groups excluding carboxylic acids is 1. The van der Waals surface area contributed by atoms with Gasteiger partial charge in [0.25, 0.3) is 0 Å². The monoisotopic (exact) mass is 221 g/mol. The minimum absolute atomic E-state index is 0.286. The molecule has 1 aromatic carbocycles. The highest BCUT2D eigenvalue weighted by Gasteiger charge is 2.04. The predicted molar refractivity (Wildman–Crippen MR) is 55.5 cm³/mol. The number of carbonyl (C=O) groups is 1. The van der Waals surface area contributed by atoms with Gasteiger partial charge in [-0.15, -0.1) is 0 Å². The summed E-state index contributed by atoms with van der Waals surface area (Å²) in [6.45, 7) is 0. The van der Waals surface area contributed by atoms with Crippen molar-refractivity contribution in [3.63, 3.8) is 0 Å². The first kappa shape index (κ1) is 10.2. The second-order valence-corrected chi connectivity index (χ2v) is 2.97. The quantitative estimate of drug-likeness (QED) is 0.818. The molecule has 2 rings (SSSR count). The van der Waals surface area contributed by atoms with Gasteiger partial charge in [-0.1, -0.05) is 11.2 Å². The smallest absolute Gasteiger partial charge is 0.324 e. The van der Waals surface area contributed by atoms with E-state index in [2.05, 4.69) is 20.3 Å². The van der Waals surface area contributed by atoms with Crippen LogP contribution in [0, 0.1) is 5.82 Å². The standard InChI is InChI=1S/C10H8FN3O2/c11-7-2-1-3-8(6-7)12-10(15)13-9-4-5-16-14-9/h1-6H,(H2,12,13,14,15). The van der Waals surface area contributed by atoms with E-state index in [1.54, 1.807) is 6.07 Å². The van der Waals surface area contributed by atoms with Crippen LogP contribution < -0.4 is 10.6 Å². The summed E-state index contributed by atoms with van der Waals surface area (Å²) in [5, 5.41) is 8.36. The molecule has 6 heteroatoms. The molecule has 1 heterocycles. The maximum atomic E-state index is 12.8. The first-order chi connectivity index (χ1) is 7.74. The van der Waals surface area contributed by atoms with Crippen molar-refractivity contribution in [3.8, 4) is 0 Å². The number of urea groups is 1. The number of anilines is 2. The molecule has 0 saturated carbocycles. The first-order valence-corrected chi connectivity index (χ1v) is 4.48. The lowest BCUT2D eigenvalue weighted by molar-refractivity contribution is 0.262. The van der Waals surface area contributed by atoms with E-state index in [1.165, 1.54) is 30.5 Å². The van der Waals surface area contributed by atoms with E-state index in [0.717, 1.165) is 0 Å². The number of nitrogens with one attached hydrogen (secondary N) is 2. The van der Waals surface area contributed by atoms with Gasteiger partial charge >= 0.3 is 6.03 Å². The summed E-state index contributed by atoms with van der Waals surface area (Å²) in [4.78, 5) is 11.4. The van der Waals surface area contributed by atoms with Gasteiger partial charge in [0.2, 0.25) is 0 Å². The summed E-state index contributed by atoms with van der Waals surface area (Å²) in [5.41, 5.74) is 0.362. The van der Waals surface area contributed by atoms with Crippen LogP contribution in [-0.2, 0) is 0 Å². The summed E-state index contributed by atoms with van der Waals surface area (Å²) in [6, 6.07) is 6.56. The van der Waals surface area contributed by atoms with Gasteiger partial charge in [0, 0.05) is 11.8 Å². The van der Waals surface area contributed by atoms with Gasteiger partial charge in [0.1, 0.15) is 12.1 Å². The van der Waals surface area contributed by atoms with Gasteiger partial charge in [0.05, 0.1) is 0 Å². The number of rotatable bonds is 2. The molecule has 82 valence electrons. The number of amides is 2. The van der Waals surface area contributed by atoms with Gasteiger partial charge in [-0.2, -0.15) is 0 Å². The third-order valence-electron chi connectivity index (χ3n) is 1.76. The van der Waals surface area contributed by atoms with Crippen LogP contribution in [0.2, 0.25) is 0 Å². The molecule has 0 spiro atoms. The number of hydrogen-bond acceptors (Lipinski definition) is 3. The number of halogens is 1. The van der Waals surface area contributed by atoms with E-state index in [4.69, 9.17) is 0 Å². The number of benzene rings is 1. The minimum atomic E-state index is -0.514. The molecular weight excluding hydrogens is 213 g/mol. The lowest BCUT2D eigenvalue weighted by Gasteiger charge is -2.04. The zero-order valence-electron chi connectivity index (χ0n) is 8.11. The van der Waals surface area contributed by atoms with E-state index in [9.17, 15) is 9.18 Å². The zero-order chi connectivity index (χ0) is 11.4. The minimum Gasteiger partial charge on any atom is -0.363 e. The van der Waals surface area contributed by atoms with Crippen molar-refractivity contribution in [2.75, 3.05) is 10.6 Å². The second-order valence-electron chi connectivity index (χ2n) is 2.97. The fraction of sp³-hybridized carbons (Fsp3) is 0. The molecule has 0 unspecified atom stereocenters. The van der Waals surface area contributed by atoms with Crippen molar-refractivity contribution in [1.82, 2.24) is 5.16 Å². The fourth-order valence-corrected chi connectivity index (χ4v) is 1.12. The Morgan fingerprint density at radius 3 is 2.88 bits per heavy atom. The molecule has 0 fully saturated rings. The Hall–Kier alpha value is -2.37. The molecule has 0 bridgehead atoms. The second kappa shape index (κ2) is 4.43. The molecule has 5 nitrogen and oxygen atoms in total. The van der Waals surface area contributed by atoms with Gasteiger partial charge in [0.15, 0.2) is 5.82 Å². The molecule has 0 aliphatic heterocycles. The molecule has 2 aromatic rings. The first-order valence-electron chi connectivity index (χ1n) is 4.48. The lowest BCUT2D eigenvalue weighted by Crippen LogP contribution is -2.19. The van der Waals surface area contributed by atoms with Crippen LogP contribution in [0.5, 0.6) is 0 Å². The number of hydrogen-bond donors (Lipinski definition) is 2. The highest BCUT2D eigenvalue weighted by molar-refractivity contribution is 5.98. The largest absolute Gasteiger partial charge is 0.363 e. The Morgan fingerprint density at radius 2 is 2.19 bits per heavy atom. The summed E-state index contributed by atoms with van der Waals surface area (Å²) in [5.74, 6) is -0.131. The average molecular weight is 221 g/mol. The van der Waals surface area contributed by atoms with Crippen molar-refractivity contribution < 1.29 is 13.7 Å². The van der Waals surface area contributed by atoms with Crippen molar-refractivity contribution in [1.29, 1.82) is 0 Å². The zero-order valence-corrected chi connectivity index (χ0v) is 8.11. The molecule has 0 aliphatic rings. The lowest BCUT2D eigenvalue weighted by atomic mass is 10.3. The predicted octanol–water partition coefficient (Wildman–Crippen LogP) is 2.46. The maximum Gasteiger partial charge on any atom is 0.324 e. The molecule has 0 aliphatic carbocycles. The highest BCUT2D eigenvalue weighted by atomic mass is 19.1.